The van der Waals surface area contributed by atoms with Crippen LogP contribution in [-0.4, -0.2) is 66.2 Å². The molecule has 2 heterocycles. The Morgan fingerprint density at radius 2 is 1.95 bits per heavy atom. The van der Waals surface area contributed by atoms with E-state index >= 15 is 0 Å². The highest BCUT2D eigenvalue weighted by Crippen LogP contribution is 2.36. The Kier molecular flexibility index (Phi) is 9.56. The molecule has 0 saturated carbocycles. The van der Waals surface area contributed by atoms with Crippen molar-refractivity contribution in [1.29, 1.82) is 0 Å². The molecule has 3 aromatic rings. The van der Waals surface area contributed by atoms with Crippen molar-refractivity contribution < 1.29 is 19.0 Å². The van der Waals surface area contributed by atoms with E-state index < -0.39 is 0 Å². The van der Waals surface area contributed by atoms with Crippen LogP contribution in [-0.2, 0) is 9.53 Å². The first-order valence-electron chi connectivity index (χ1n) is 12.5. The fraction of sp³-hybridized carbons (Fsp3) is 0.407. The number of amides is 1. The third-order valence-corrected chi connectivity index (χ3v) is 7.33. The molecule has 0 spiro atoms. The lowest BCUT2D eigenvalue weighted by Gasteiger charge is -2.27. The number of rotatable bonds is 9. The number of hydrogen-bond donors (Lipinski definition) is 0. The van der Waals surface area contributed by atoms with Gasteiger partial charge in [0.05, 0.1) is 41.4 Å². The van der Waals surface area contributed by atoms with E-state index in [9.17, 15) is 9.59 Å². The fourth-order valence-corrected chi connectivity index (χ4v) is 4.94. The molecule has 1 saturated heterocycles. The van der Waals surface area contributed by atoms with E-state index in [0.717, 1.165) is 10.9 Å². The van der Waals surface area contributed by atoms with Crippen molar-refractivity contribution in [2.75, 3.05) is 39.5 Å². The molecule has 1 aliphatic rings. The summed E-state index contributed by atoms with van der Waals surface area (Å²) in [5.41, 5.74) is 1.08. The van der Waals surface area contributed by atoms with E-state index in [1.165, 1.54) is 4.68 Å². The van der Waals surface area contributed by atoms with E-state index in [2.05, 4.69) is 37.0 Å². The average molecular weight is 650 g/mol. The molecule has 1 amide bonds. The molecule has 0 radical (unpaired) electrons. The van der Waals surface area contributed by atoms with Gasteiger partial charge in [0.2, 0.25) is 0 Å². The number of morpholine rings is 1. The molecule has 0 aliphatic carbocycles. The number of halogens is 2. The first-order chi connectivity index (χ1) is 18.3. The summed E-state index contributed by atoms with van der Waals surface area (Å²) in [6, 6.07) is 9.03. The summed E-state index contributed by atoms with van der Waals surface area (Å²) in [7, 11) is 0. The van der Waals surface area contributed by atoms with Crippen LogP contribution in [0.4, 0.5) is 0 Å². The standard InChI is InChI=1S/C27H30Br2N4O5/c1-4-17(3)26-31-22-7-6-19(28)14-20(22)27(35)33(26)30-15-18-12-21(29)25(23(13-18)37-5-2)38-16-24(34)32-8-10-36-11-9-32/h6-7,12-15,17H,4-5,8-11,16H2,1-3H3/t17-/m1/s1. The van der Waals surface area contributed by atoms with E-state index in [4.69, 9.17) is 19.2 Å². The van der Waals surface area contributed by atoms with Crippen molar-refractivity contribution in [1.82, 2.24) is 14.6 Å². The Morgan fingerprint density at radius 3 is 2.66 bits per heavy atom. The van der Waals surface area contributed by atoms with Gasteiger partial charge in [-0.25, -0.2) is 4.98 Å². The van der Waals surface area contributed by atoms with Crippen LogP contribution in [0.5, 0.6) is 11.5 Å². The molecule has 1 fully saturated rings. The average Bonchev–Trinajstić information content (AvgIpc) is 2.92. The minimum Gasteiger partial charge on any atom is -0.490 e. The minimum atomic E-state index is -0.242. The number of fused-ring (bicyclic) bond motifs is 1. The molecule has 2 aromatic carbocycles. The largest absolute Gasteiger partial charge is 0.490 e. The van der Waals surface area contributed by atoms with Crippen molar-refractivity contribution in [2.45, 2.75) is 33.1 Å². The maximum atomic E-state index is 13.4. The molecule has 11 heteroatoms. The van der Waals surface area contributed by atoms with Crippen LogP contribution in [0.25, 0.3) is 10.9 Å². The molecule has 38 heavy (non-hydrogen) atoms. The SMILES string of the molecule is CCOc1cc(C=Nn2c([C@H](C)CC)nc3ccc(Br)cc3c2=O)cc(Br)c1OCC(=O)N1CCOCC1. The van der Waals surface area contributed by atoms with Crippen molar-refractivity contribution >= 4 is 54.9 Å². The van der Waals surface area contributed by atoms with E-state index in [1.54, 1.807) is 29.3 Å². The summed E-state index contributed by atoms with van der Waals surface area (Å²) in [4.78, 5) is 32.4. The molecule has 0 N–H and O–H groups in total. The molecule has 9 nitrogen and oxygen atoms in total. The molecule has 1 aromatic heterocycles. The highest BCUT2D eigenvalue weighted by atomic mass is 79.9. The maximum absolute atomic E-state index is 13.4. The Labute approximate surface area is 238 Å². The zero-order chi connectivity index (χ0) is 27.2. The summed E-state index contributed by atoms with van der Waals surface area (Å²) in [6.45, 7) is 8.38. The third kappa shape index (κ3) is 6.44. The zero-order valence-corrected chi connectivity index (χ0v) is 24.7. The number of aromatic nitrogens is 2. The lowest BCUT2D eigenvalue weighted by atomic mass is 10.1. The van der Waals surface area contributed by atoms with Crippen LogP contribution in [0.15, 0.2) is 49.2 Å². The first-order valence-corrected chi connectivity index (χ1v) is 14.1. The van der Waals surface area contributed by atoms with Crippen LogP contribution in [0, 0.1) is 0 Å². The van der Waals surface area contributed by atoms with E-state index in [-0.39, 0.29) is 24.0 Å². The van der Waals surface area contributed by atoms with Crippen LogP contribution >= 0.6 is 31.9 Å². The third-order valence-electron chi connectivity index (χ3n) is 6.24. The summed E-state index contributed by atoms with van der Waals surface area (Å²) >= 11 is 6.98. The van der Waals surface area contributed by atoms with E-state index in [0.29, 0.717) is 71.2 Å². The molecule has 0 unspecified atom stereocenters. The maximum Gasteiger partial charge on any atom is 0.282 e. The van der Waals surface area contributed by atoms with Gasteiger partial charge in [0.1, 0.15) is 5.82 Å². The smallest absolute Gasteiger partial charge is 0.282 e. The Hall–Kier alpha value is -2.76. The van der Waals surface area contributed by atoms with Crippen molar-refractivity contribution in [3.63, 3.8) is 0 Å². The van der Waals surface area contributed by atoms with Gasteiger partial charge in [-0.15, -0.1) is 0 Å². The zero-order valence-electron chi connectivity index (χ0n) is 21.6. The Morgan fingerprint density at radius 1 is 1.18 bits per heavy atom. The van der Waals surface area contributed by atoms with Gasteiger partial charge >= 0.3 is 0 Å². The predicted molar refractivity (Wildman–Crippen MR) is 154 cm³/mol. The van der Waals surface area contributed by atoms with Crippen molar-refractivity contribution in [3.8, 4) is 11.5 Å². The van der Waals surface area contributed by atoms with Gasteiger partial charge in [-0.3, -0.25) is 9.59 Å². The molecule has 1 atom stereocenters. The molecule has 202 valence electrons. The summed E-state index contributed by atoms with van der Waals surface area (Å²) in [5.74, 6) is 1.40. The molecule has 1 aliphatic heterocycles. The number of carbonyl (C=O) groups excluding carboxylic acids is 1. The molecular formula is C27H30Br2N4O5. The number of nitrogens with zero attached hydrogens (tertiary/aromatic N) is 4. The molecule has 4 rings (SSSR count). The lowest BCUT2D eigenvalue weighted by Crippen LogP contribution is -2.43. The van der Waals surface area contributed by atoms with Gasteiger partial charge in [0.25, 0.3) is 11.5 Å². The predicted octanol–water partition coefficient (Wildman–Crippen LogP) is 4.95. The number of carbonyl (C=O) groups is 1. The summed E-state index contributed by atoms with van der Waals surface area (Å²) in [6.07, 6.45) is 2.40. The fourth-order valence-electron chi connectivity index (χ4n) is 4.01. The molecule has 0 bridgehead atoms. The van der Waals surface area contributed by atoms with Crippen LogP contribution in [0.3, 0.4) is 0 Å². The summed E-state index contributed by atoms with van der Waals surface area (Å²) in [5, 5.41) is 5.02. The van der Waals surface area contributed by atoms with Gasteiger partial charge in [-0.2, -0.15) is 9.78 Å². The number of ether oxygens (including phenoxy) is 3. The van der Waals surface area contributed by atoms with Gasteiger partial charge in [0, 0.05) is 23.5 Å². The normalized spacial score (nSPS) is 14.7. The topological polar surface area (TPSA) is 95.2 Å². The highest BCUT2D eigenvalue weighted by Gasteiger charge is 2.20. The second kappa shape index (κ2) is 12.9. The van der Waals surface area contributed by atoms with Crippen LogP contribution < -0.4 is 15.0 Å². The van der Waals surface area contributed by atoms with Gasteiger partial charge < -0.3 is 19.1 Å². The minimum absolute atomic E-state index is 0.0263. The Bertz CT molecular complexity index is 1400. The second-order valence-corrected chi connectivity index (χ2v) is 10.6. The highest BCUT2D eigenvalue weighted by molar-refractivity contribution is 9.10. The number of hydrogen-bond acceptors (Lipinski definition) is 7. The Balaban J connectivity index is 1.65. The molecular weight excluding hydrogens is 620 g/mol. The van der Waals surface area contributed by atoms with Gasteiger partial charge in [-0.05, 0) is 65.2 Å². The second-order valence-electron chi connectivity index (χ2n) is 8.85. The van der Waals surface area contributed by atoms with Crippen molar-refractivity contribution in [3.05, 3.63) is 61.0 Å². The van der Waals surface area contributed by atoms with Crippen LogP contribution in [0.1, 0.15) is 44.5 Å². The van der Waals surface area contributed by atoms with Gasteiger partial charge in [0.15, 0.2) is 18.1 Å². The van der Waals surface area contributed by atoms with E-state index in [1.807, 2.05) is 32.9 Å². The lowest BCUT2D eigenvalue weighted by molar-refractivity contribution is -0.137. The van der Waals surface area contributed by atoms with Crippen LogP contribution in [0.2, 0.25) is 0 Å². The quantitative estimate of drug-likeness (QED) is 0.305. The van der Waals surface area contributed by atoms with Crippen molar-refractivity contribution in [2.24, 2.45) is 5.10 Å². The number of benzene rings is 2. The van der Waals surface area contributed by atoms with Gasteiger partial charge in [-0.1, -0.05) is 29.8 Å². The first kappa shape index (κ1) is 28.3. The summed E-state index contributed by atoms with van der Waals surface area (Å²) < 4.78 is 19.8. The monoisotopic (exact) mass is 648 g/mol.